The molecule has 1 amide bonds. The van der Waals surface area contributed by atoms with Crippen molar-refractivity contribution in [2.75, 3.05) is 7.11 Å². The van der Waals surface area contributed by atoms with Gasteiger partial charge in [-0.3, -0.25) is 4.79 Å². The Morgan fingerprint density at radius 1 is 1.32 bits per heavy atom. The molecule has 4 heteroatoms. The Kier molecular flexibility index (Phi) is 6.71. The number of amides is 1. The third-order valence-corrected chi connectivity index (χ3v) is 3.06. The Bertz CT molecular complexity index is 390. The standard InChI is InChI=1S/C15H22ClNO2/c1-11(16)10-12(2)17-15(18)9-6-13-4-7-14(19-3)8-5-13/h4-5,7-8,11-12H,6,9-10H2,1-3H3,(H,17,18). The monoisotopic (exact) mass is 283 g/mol. The van der Waals surface area contributed by atoms with E-state index in [-0.39, 0.29) is 17.3 Å². The molecule has 0 aliphatic rings. The summed E-state index contributed by atoms with van der Waals surface area (Å²) in [6.45, 7) is 3.91. The Morgan fingerprint density at radius 2 is 1.95 bits per heavy atom. The molecular formula is C15H22ClNO2. The number of halogens is 1. The summed E-state index contributed by atoms with van der Waals surface area (Å²) in [6.07, 6.45) is 2.02. The van der Waals surface area contributed by atoms with Crippen molar-refractivity contribution in [3.05, 3.63) is 29.8 Å². The molecule has 106 valence electrons. The van der Waals surface area contributed by atoms with Gasteiger partial charge in [-0.25, -0.2) is 0 Å². The summed E-state index contributed by atoms with van der Waals surface area (Å²) in [5.41, 5.74) is 1.13. The van der Waals surface area contributed by atoms with Crippen molar-refractivity contribution < 1.29 is 9.53 Å². The van der Waals surface area contributed by atoms with E-state index < -0.39 is 0 Å². The summed E-state index contributed by atoms with van der Waals surface area (Å²) in [5, 5.41) is 3.04. The topological polar surface area (TPSA) is 38.3 Å². The number of benzene rings is 1. The van der Waals surface area contributed by atoms with Gasteiger partial charge >= 0.3 is 0 Å². The van der Waals surface area contributed by atoms with Crippen molar-refractivity contribution in [2.45, 2.75) is 44.5 Å². The molecule has 0 heterocycles. The third-order valence-electron chi connectivity index (χ3n) is 2.89. The van der Waals surface area contributed by atoms with Gasteiger partial charge in [-0.15, -0.1) is 11.6 Å². The first-order valence-corrected chi connectivity index (χ1v) is 7.01. The molecule has 1 aromatic rings. The summed E-state index contributed by atoms with van der Waals surface area (Å²) in [5.74, 6) is 0.901. The van der Waals surface area contributed by atoms with Gasteiger partial charge in [0.15, 0.2) is 0 Å². The molecule has 0 saturated carbocycles. The van der Waals surface area contributed by atoms with Gasteiger partial charge in [0.1, 0.15) is 5.75 Å². The van der Waals surface area contributed by atoms with Crippen molar-refractivity contribution in [2.24, 2.45) is 0 Å². The van der Waals surface area contributed by atoms with Crippen LogP contribution in [0.2, 0.25) is 0 Å². The first kappa shape index (κ1) is 15.8. The maximum atomic E-state index is 11.8. The lowest BCUT2D eigenvalue weighted by molar-refractivity contribution is -0.121. The summed E-state index contributed by atoms with van der Waals surface area (Å²) in [6, 6.07) is 7.90. The molecule has 1 rings (SSSR count). The van der Waals surface area contributed by atoms with Crippen LogP contribution in [0.25, 0.3) is 0 Å². The van der Waals surface area contributed by atoms with E-state index in [0.717, 1.165) is 24.2 Å². The molecule has 2 atom stereocenters. The van der Waals surface area contributed by atoms with E-state index in [2.05, 4.69) is 5.32 Å². The third kappa shape index (κ3) is 6.48. The molecule has 0 aliphatic heterocycles. The number of rotatable bonds is 7. The normalized spacial score (nSPS) is 13.7. The number of methoxy groups -OCH3 is 1. The Hall–Kier alpha value is -1.22. The number of carbonyl (C=O) groups excluding carboxylic acids is 1. The average molecular weight is 284 g/mol. The minimum atomic E-state index is 0.0700. The van der Waals surface area contributed by atoms with Crippen LogP contribution in [0.3, 0.4) is 0 Å². The maximum Gasteiger partial charge on any atom is 0.220 e. The molecular weight excluding hydrogens is 262 g/mol. The summed E-state index contributed by atoms with van der Waals surface area (Å²) in [7, 11) is 1.64. The molecule has 0 bridgehead atoms. The van der Waals surface area contributed by atoms with Crippen LogP contribution in [-0.2, 0) is 11.2 Å². The number of aryl methyl sites for hydroxylation is 1. The highest BCUT2D eigenvalue weighted by Gasteiger charge is 2.09. The smallest absolute Gasteiger partial charge is 0.220 e. The summed E-state index contributed by atoms with van der Waals surface area (Å²) in [4.78, 5) is 11.8. The zero-order valence-corrected chi connectivity index (χ0v) is 12.5. The SMILES string of the molecule is COc1ccc(CCC(=O)NC(C)CC(C)Cl)cc1. The van der Waals surface area contributed by atoms with E-state index in [1.54, 1.807) is 7.11 Å². The zero-order valence-electron chi connectivity index (χ0n) is 11.8. The number of ether oxygens (including phenoxy) is 1. The second kappa shape index (κ2) is 8.05. The first-order chi connectivity index (χ1) is 9.01. The van der Waals surface area contributed by atoms with Crippen LogP contribution in [0.15, 0.2) is 24.3 Å². The molecule has 1 aromatic carbocycles. The minimum Gasteiger partial charge on any atom is -0.497 e. The number of nitrogens with one attached hydrogen (secondary N) is 1. The number of hydrogen-bond donors (Lipinski definition) is 1. The second-order valence-corrected chi connectivity index (χ2v) is 5.58. The van der Waals surface area contributed by atoms with Crippen molar-refractivity contribution in [1.29, 1.82) is 0 Å². The van der Waals surface area contributed by atoms with Crippen LogP contribution >= 0.6 is 11.6 Å². The van der Waals surface area contributed by atoms with Crippen LogP contribution in [0.4, 0.5) is 0 Å². The van der Waals surface area contributed by atoms with Gasteiger partial charge in [0.2, 0.25) is 5.91 Å². The van der Waals surface area contributed by atoms with Gasteiger partial charge in [0.25, 0.3) is 0 Å². The van der Waals surface area contributed by atoms with E-state index in [9.17, 15) is 4.79 Å². The molecule has 0 fully saturated rings. The van der Waals surface area contributed by atoms with E-state index in [0.29, 0.717) is 6.42 Å². The fourth-order valence-corrected chi connectivity index (χ4v) is 2.21. The zero-order chi connectivity index (χ0) is 14.3. The lowest BCUT2D eigenvalue weighted by Gasteiger charge is -2.15. The molecule has 0 aliphatic carbocycles. The van der Waals surface area contributed by atoms with Crippen LogP contribution in [0, 0.1) is 0 Å². The van der Waals surface area contributed by atoms with E-state index >= 15 is 0 Å². The van der Waals surface area contributed by atoms with E-state index in [4.69, 9.17) is 16.3 Å². The molecule has 0 saturated heterocycles. The van der Waals surface area contributed by atoms with Crippen molar-refractivity contribution in [1.82, 2.24) is 5.32 Å². The fourth-order valence-electron chi connectivity index (χ4n) is 1.94. The van der Waals surface area contributed by atoms with Crippen molar-refractivity contribution in [3.8, 4) is 5.75 Å². The van der Waals surface area contributed by atoms with E-state index in [1.807, 2.05) is 38.1 Å². The highest BCUT2D eigenvalue weighted by atomic mass is 35.5. The molecule has 1 N–H and O–H groups in total. The van der Waals surface area contributed by atoms with Gasteiger partial charge in [0.05, 0.1) is 7.11 Å². The predicted molar refractivity (Wildman–Crippen MR) is 78.9 cm³/mol. The van der Waals surface area contributed by atoms with Crippen molar-refractivity contribution in [3.63, 3.8) is 0 Å². The molecule has 0 radical (unpaired) electrons. The first-order valence-electron chi connectivity index (χ1n) is 6.57. The maximum absolute atomic E-state index is 11.8. The van der Waals surface area contributed by atoms with Gasteiger partial charge in [-0.2, -0.15) is 0 Å². The minimum absolute atomic E-state index is 0.0700. The Morgan fingerprint density at radius 3 is 2.47 bits per heavy atom. The largest absolute Gasteiger partial charge is 0.497 e. The van der Waals surface area contributed by atoms with Crippen LogP contribution in [-0.4, -0.2) is 24.4 Å². The Labute approximate surface area is 120 Å². The number of carbonyl (C=O) groups is 1. The lowest BCUT2D eigenvalue weighted by Crippen LogP contribution is -2.34. The molecule has 19 heavy (non-hydrogen) atoms. The quantitative estimate of drug-likeness (QED) is 0.781. The van der Waals surface area contributed by atoms with Crippen molar-refractivity contribution >= 4 is 17.5 Å². The Balaban J connectivity index is 2.33. The van der Waals surface area contributed by atoms with Crippen LogP contribution in [0.5, 0.6) is 5.75 Å². The highest BCUT2D eigenvalue weighted by Crippen LogP contribution is 2.12. The number of hydrogen-bond acceptors (Lipinski definition) is 2. The van der Waals surface area contributed by atoms with Gasteiger partial charge in [0, 0.05) is 17.8 Å². The van der Waals surface area contributed by atoms with Gasteiger partial charge in [-0.05, 0) is 44.4 Å². The van der Waals surface area contributed by atoms with Crippen LogP contribution in [0.1, 0.15) is 32.3 Å². The second-order valence-electron chi connectivity index (χ2n) is 4.83. The average Bonchev–Trinajstić information content (AvgIpc) is 2.36. The van der Waals surface area contributed by atoms with E-state index in [1.165, 1.54) is 0 Å². The molecule has 2 unspecified atom stereocenters. The molecule has 3 nitrogen and oxygen atoms in total. The van der Waals surface area contributed by atoms with Gasteiger partial charge < -0.3 is 10.1 Å². The van der Waals surface area contributed by atoms with Gasteiger partial charge in [-0.1, -0.05) is 12.1 Å². The fraction of sp³-hybridized carbons (Fsp3) is 0.533. The predicted octanol–water partition coefficient (Wildman–Crippen LogP) is 3.15. The summed E-state index contributed by atoms with van der Waals surface area (Å²) >= 11 is 5.89. The lowest BCUT2D eigenvalue weighted by atomic mass is 10.1. The molecule has 0 spiro atoms. The summed E-state index contributed by atoms with van der Waals surface area (Å²) < 4.78 is 5.09. The number of alkyl halides is 1. The highest BCUT2D eigenvalue weighted by molar-refractivity contribution is 6.20. The van der Waals surface area contributed by atoms with Crippen LogP contribution < -0.4 is 10.1 Å². The molecule has 0 aromatic heterocycles.